The molecule has 4 nitrogen and oxygen atoms in total. The SMILES string of the molecule is Cc1[nH]c2c(Br)cccc2c1/C=C1\SC(=O)NC1=O. The van der Waals surface area contributed by atoms with E-state index in [0.717, 1.165) is 38.4 Å². The Bertz CT molecular complexity index is 748. The first-order valence-electron chi connectivity index (χ1n) is 5.58. The van der Waals surface area contributed by atoms with E-state index in [9.17, 15) is 9.59 Å². The number of aromatic amines is 1. The number of carbonyl (C=O) groups is 2. The number of H-pyrrole nitrogens is 1. The summed E-state index contributed by atoms with van der Waals surface area (Å²) in [7, 11) is 0. The van der Waals surface area contributed by atoms with Gasteiger partial charge < -0.3 is 4.98 Å². The van der Waals surface area contributed by atoms with Gasteiger partial charge in [0.15, 0.2) is 0 Å². The second kappa shape index (κ2) is 4.54. The maximum atomic E-state index is 11.6. The van der Waals surface area contributed by atoms with Crippen LogP contribution in [0.15, 0.2) is 27.6 Å². The minimum absolute atomic E-state index is 0.324. The summed E-state index contributed by atoms with van der Waals surface area (Å²) < 4.78 is 0.970. The first-order chi connectivity index (χ1) is 9.06. The Morgan fingerprint density at radius 2 is 2.11 bits per heavy atom. The van der Waals surface area contributed by atoms with Gasteiger partial charge in [0.1, 0.15) is 0 Å². The van der Waals surface area contributed by atoms with Gasteiger partial charge in [-0.25, -0.2) is 0 Å². The van der Waals surface area contributed by atoms with E-state index in [2.05, 4.69) is 26.2 Å². The van der Waals surface area contributed by atoms with Crippen LogP contribution in [0, 0.1) is 6.92 Å². The Hall–Kier alpha value is -1.53. The summed E-state index contributed by atoms with van der Waals surface area (Å²) in [5.41, 5.74) is 2.88. The van der Waals surface area contributed by atoms with Crippen LogP contribution >= 0.6 is 27.7 Å². The van der Waals surface area contributed by atoms with Crippen LogP contribution in [0.25, 0.3) is 17.0 Å². The summed E-state index contributed by atoms with van der Waals surface area (Å²) in [4.78, 5) is 26.5. The summed E-state index contributed by atoms with van der Waals surface area (Å²) in [6, 6.07) is 5.87. The smallest absolute Gasteiger partial charge is 0.290 e. The predicted octanol–water partition coefficient (Wildman–Crippen LogP) is 3.56. The third-order valence-electron chi connectivity index (χ3n) is 2.94. The van der Waals surface area contributed by atoms with E-state index in [1.165, 1.54) is 0 Å². The lowest BCUT2D eigenvalue weighted by Gasteiger charge is -1.96. The Kier molecular flexibility index (Phi) is 2.99. The molecule has 0 atom stereocenters. The molecule has 0 saturated carbocycles. The number of aromatic nitrogens is 1. The number of nitrogens with one attached hydrogen (secondary N) is 2. The average Bonchev–Trinajstić information content (AvgIpc) is 2.83. The number of benzene rings is 1. The summed E-state index contributed by atoms with van der Waals surface area (Å²) in [6.45, 7) is 1.94. The van der Waals surface area contributed by atoms with Crippen molar-refractivity contribution in [1.82, 2.24) is 10.3 Å². The molecule has 2 heterocycles. The van der Waals surface area contributed by atoms with E-state index in [0.29, 0.717) is 4.91 Å². The van der Waals surface area contributed by atoms with Gasteiger partial charge in [0.2, 0.25) is 0 Å². The molecule has 2 aromatic rings. The van der Waals surface area contributed by atoms with Gasteiger partial charge in [-0.2, -0.15) is 0 Å². The fourth-order valence-electron chi connectivity index (χ4n) is 2.07. The molecular weight excluding hydrogens is 328 g/mol. The first-order valence-corrected chi connectivity index (χ1v) is 7.19. The molecule has 96 valence electrons. The normalized spacial score (nSPS) is 17.5. The van der Waals surface area contributed by atoms with Crippen molar-refractivity contribution in [3.8, 4) is 0 Å². The van der Waals surface area contributed by atoms with Crippen molar-refractivity contribution in [3.05, 3.63) is 38.8 Å². The zero-order chi connectivity index (χ0) is 13.6. The minimum atomic E-state index is -0.334. The van der Waals surface area contributed by atoms with Crippen LogP contribution < -0.4 is 5.32 Å². The quantitative estimate of drug-likeness (QED) is 0.782. The van der Waals surface area contributed by atoms with Crippen molar-refractivity contribution in [2.75, 3.05) is 0 Å². The van der Waals surface area contributed by atoms with Crippen molar-refractivity contribution >= 4 is 55.8 Å². The number of aryl methyl sites for hydroxylation is 1. The van der Waals surface area contributed by atoms with Crippen LogP contribution in [0.4, 0.5) is 4.79 Å². The molecule has 0 aliphatic carbocycles. The highest BCUT2D eigenvalue weighted by Crippen LogP contribution is 2.32. The Labute approximate surface area is 121 Å². The number of hydrogen-bond donors (Lipinski definition) is 2. The van der Waals surface area contributed by atoms with E-state index in [1.807, 2.05) is 25.1 Å². The molecule has 1 aliphatic rings. The molecule has 0 spiro atoms. The molecule has 3 rings (SSSR count). The lowest BCUT2D eigenvalue weighted by atomic mass is 10.1. The largest absolute Gasteiger partial charge is 0.357 e. The number of fused-ring (bicyclic) bond motifs is 1. The number of para-hydroxylation sites is 1. The Morgan fingerprint density at radius 1 is 1.32 bits per heavy atom. The lowest BCUT2D eigenvalue weighted by molar-refractivity contribution is -0.115. The second-order valence-corrected chi connectivity index (χ2v) is 6.05. The van der Waals surface area contributed by atoms with Crippen molar-refractivity contribution < 1.29 is 9.59 Å². The van der Waals surface area contributed by atoms with Gasteiger partial charge in [-0.15, -0.1) is 0 Å². The fraction of sp³-hybridized carbons (Fsp3) is 0.0769. The second-order valence-electron chi connectivity index (χ2n) is 4.18. The monoisotopic (exact) mass is 336 g/mol. The maximum absolute atomic E-state index is 11.6. The molecule has 1 aliphatic heterocycles. The number of carbonyl (C=O) groups excluding carboxylic acids is 2. The summed E-state index contributed by atoms with van der Waals surface area (Å²) in [5.74, 6) is -0.334. The lowest BCUT2D eigenvalue weighted by Crippen LogP contribution is -2.17. The van der Waals surface area contributed by atoms with E-state index in [1.54, 1.807) is 6.08 Å². The maximum Gasteiger partial charge on any atom is 0.290 e. The highest BCUT2D eigenvalue weighted by Gasteiger charge is 2.25. The zero-order valence-corrected chi connectivity index (χ0v) is 12.3. The van der Waals surface area contributed by atoms with Gasteiger partial charge in [-0.05, 0) is 46.8 Å². The number of halogens is 1. The Balaban J connectivity index is 2.19. The minimum Gasteiger partial charge on any atom is -0.357 e. The first kappa shape index (κ1) is 12.5. The summed E-state index contributed by atoms with van der Waals surface area (Å²) >= 11 is 4.42. The summed E-state index contributed by atoms with van der Waals surface area (Å²) in [5, 5.41) is 2.95. The molecular formula is C13H9BrN2O2S. The number of rotatable bonds is 1. The topological polar surface area (TPSA) is 62.0 Å². The van der Waals surface area contributed by atoms with Crippen LogP contribution in [-0.4, -0.2) is 16.1 Å². The molecule has 1 aromatic carbocycles. The highest BCUT2D eigenvalue weighted by molar-refractivity contribution is 9.10. The molecule has 1 aromatic heterocycles. The number of thioether (sulfide) groups is 1. The van der Waals surface area contributed by atoms with Gasteiger partial charge in [-0.1, -0.05) is 12.1 Å². The third kappa shape index (κ3) is 2.11. The third-order valence-corrected chi connectivity index (χ3v) is 4.41. The molecule has 0 unspecified atom stereocenters. The van der Waals surface area contributed by atoms with Crippen molar-refractivity contribution in [1.29, 1.82) is 0 Å². The number of hydrogen-bond acceptors (Lipinski definition) is 3. The predicted molar refractivity (Wildman–Crippen MR) is 79.8 cm³/mol. The van der Waals surface area contributed by atoms with Gasteiger partial charge >= 0.3 is 0 Å². The standard InChI is InChI=1S/C13H9BrN2O2S/c1-6-8(5-10-12(17)16-13(18)19-10)7-3-2-4-9(14)11(7)15-6/h2-5,15H,1H3,(H,16,17,18)/b10-5-. The van der Waals surface area contributed by atoms with Gasteiger partial charge in [-0.3, -0.25) is 14.9 Å². The number of imide groups is 1. The molecule has 6 heteroatoms. The van der Waals surface area contributed by atoms with Crippen molar-refractivity contribution in [2.24, 2.45) is 0 Å². The van der Waals surface area contributed by atoms with Crippen LogP contribution in [0.2, 0.25) is 0 Å². The van der Waals surface area contributed by atoms with Gasteiger partial charge in [0.05, 0.1) is 10.4 Å². The van der Waals surface area contributed by atoms with Crippen molar-refractivity contribution in [3.63, 3.8) is 0 Å². The molecule has 0 radical (unpaired) electrons. The van der Waals surface area contributed by atoms with Gasteiger partial charge in [0.25, 0.3) is 11.1 Å². The van der Waals surface area contributed by atoms with Crippen molar-refractivity contribution in [2.45, 2.75) is 6.92 Å². The Morgan fingerprint density at radius 3 is 2.79 bits per heavy atom. The molecule has 1 fully saturated rings. The summed E-state index contributed by atoms with van der Waals surface area (Å²) in [6.07, 6.45) is 1.76. The molecule has 0 bridgehead atoms. The van der Waals surface area contributed by atoms with Crippen LogP contribution in [0.1, 0.15) is 11.3 Å². The van der Waals surface area contributed by atoms with E-state index >= 15 is 0 Å². The highest BCUT2D eigenvalue weighted by atomic mass is 79.9. The van der Waals surface area contributed by atoms with Crippen LogP contribution in [0.3, 0.4) is 0 Å². The van der Waals surface area contributed by atoms with E-state index in [-0.39, 0.29) is 11.1 Å². The number of amides is 2. The molecule has 1 saturated heterocycles. The van der Waals surface area contributed by atoms with Crippen LogP contribution in [-0.2, 0) is 4.79 Å². The fourth-order valence-corrected chi connectivity index (χ4v) is 3.20. The van der Waals surface area contributed by atoms with E-state index < -0.39 is 0 Å². The molecule has 2 amide bonds. The van der Waals surface area contributed by atoms with E-state index in [4.69, 9.17) is 0 Å². The molecule has 19 heavy (non-hydrogen) atoms. The zero-order valence-electron chi connectivity index (χ0n) is 9.91. The van der Waals surface area contributed by atoms with Crippen LogP contribution in [0.5, 0.6) is 0 Å². The molecule has 2 N–H and O–H groups in total. The average molecular weight is 337 g/mol. The van der Waals surface area contributed by atoms with Gasteiger partial charge in [0, 0.05) is 21.1 Å².